The number of rotatable bonds is 7. The highest BCUT2D eigenvalue weighted by Gasteiger charge is 2.05. The summed E-state index contributed by atoms with van der Waals surface area (Å²) >= 11 is 0. The fourth-order valence-electron chi connectivity index (χ4n) is 1.10. The lowest BCUT2D eigenvalue weighted by molar-refractivity contribution is 0.372. The minimum Gasteiger partial charge on any atom is -0.0628 e. The van der Waals surface area contributed by atoms with Crippen LogP contribution >= 0.6 is 0 Å². The van der Waals surface area contributed by atoms with Crippen LogP contribution in [0.1, 0.15) is 74.8 Å². The molecule has 0 aliphatic heterocycles. The van der Waals surface area contributed by atoms with Gasteiger partial charge in [-0.05, 0) is 17.7 Å². The molecule has 0 aromatic carbocycles. The van der Waals surface area contributed by atoms with E-state index in [1.807, 2.05) is 0 Å². The van der Waals surface area contributed by atoms with Gasteiger partial charge >= 0.3 is 0 Å². The molecular formula is C13H28. The third-order valence-electron chi connectivity index (χ3n) is 2.10. The van der Waals surface area contributed by atoms with E-state index in [1.165, 1.54) is 0 Å². The molecule has 0 N–H and O–H groups in total. The van der Waals surface area contributed by atoms with Crippen molar-refractivity contribution in [2.75, 3.05) is 0 Å². The normalized spacial score (nSPS) is 25.4. The Morgan fingerprint density at radius 2 is 1.85 bits per heavy atom. The third kappa shape index (κ3) is 8.33. The van der Waals surface area contributed by atoms with Crippen LogP contribution in [0, 0.1) is 17.7 Å². The Morgan fingerprint density at radius 3 is 2.31 bits per heavy atom. The van der Waals surface area contributed by atoms with Gasteiger partial charge < -0.3 is 0 Å². The van der Waals surface area contributed by atoms with Crippen LogP contribution in [0.4, 0.5) is 0 Å². The van der Waals surface area contributed by atoms with Crippen molar-refractivity contribution in [3.63, 3.8) is 0 Å². The van der Waals surface area contributed by atoms with E-state index in [2.05, 4.69) is 13.8 Å². The number of unbranched alkanes of at least 4 members (excludes halogenated alkanes) is 1. The first-order valence-corrected chi connectivity index (χ1v) is 5.36. The van der Waals surface area contributed by atoms with Gasteiger partial charge in [-0.15, -0.1) is 0 Å². The quantitative estimate of drug-likeness (QED) is 0.502. The molecule has 0 saturated carbocycles. The molecular weight excluding hydrogens is 156 g/mol. The predicted octanol–water partition coefficient (Wildman–Crippen LogP) is 4.89. The highest BCUT2D eigenvalue weighted by atomic mass is 14.1. The Labute approximate surface area is 93.5 Å². The van der Waals surface area contributed by atoms with E-state index < -0.39 is 25.0 Å². The molecule has 0 heterocycles. The second-order valence-corrected chi connectivity index (χ2v) is 4.38. The number of hydrogen-bond donors (Lipinski definition) is 0. The van der Waals surface area contributed by atoms with Gasteiger partial charge in [-0.25, -0.2) is 0 Å². The first kappa shape index (κ1) is 5.78. The highest BCUT2D eigenvalue weighted by molar-refractivity contribution is 4.57. The summed E-state index contributed by atoms with van der Waals surface area (Å²) in [6, 6.07) is 0. The molecule has 0 heteroatoms. The standard InChI is InChI=1S/C13H28/c1-11(2)9-7-6-8-10-13(5)12(3)4/h11-13H,6-10H2,1-5H3/t13-/m1/s1/i5D3,10D2,13D. The van der Waals surface area contributed by atoms with E-state index in [4.69, 9.17) is 8.22 Å². The molecule has 0 aromatic rings. The van der Waals surface area contributed by atoms with Gasteiger partial charge in [-0.2, -0.15) is 0 Å². The van der Waals surface area contributed by atoms with Crippen molar-refractivity contribution in [1.82, 2.24) is 0 Å². The molecule has 0 spiro atoms. The van der Waals surface area contributed by atoms with Gasteiger partial charge in [0, 0.05) is 8.22 Å². The van der Waals surface area contributed by atoms with Gasteiger partial charge in [0.2, 0.25) is 0 Å². The SMILES string of the molecule is [2H]C([2H])([2H])[C@@]([2H])(C(C)C)C([2H])([2H])CCCCC(C)C. The Hall–Kier alpha value is 0. The van der Waals surface area contributed by atoms with Crippen LogP contribution in [0.15, 0.2) is 0 Å². The van der Waals surface area contributed by atoms with Crippen LogP contribution in [0.3, 0.4) is 0 Å². The van der Waals surface area contributed by atoms with Crippen LogP contribution in [-0.4, -0.2) is 0 Å². The molecule has 0 unspecified atom stereocenters. The van der Waals surface area contributed by atoms with Gasteiger partial charge in [0.25, 0.3) is 0 Å². The van der Waals surface area contributed by atoms with Crippen molar-refractivity contribution in [3.8, 4) is 0 Å². The summed E-state index contributed by atoms with van der Waals surface area (Å²) in [6.07, 6.45) is 0.667. The minimum atomic E-state index is -2.61. The molecule has 0 saturated heterocycles. The van der Waals surface area contributed by atoms with Crippen molar-refractivity contribution in [1.29, 1.82) is 0 Å². The Kier molecular flexibility index (Phi) is 3.29. The minimum absolute atomic E-state index is 0.139. The fourth-order valence-corrected chi connectivity index (χ4v) is 1.10. The second kappa shape index (κ2) is 7.41. The van der Waals surface area contributed by atoms with Crippen molar-refractivity contribution in [2.24, 2.45) is 17.7 Å². The molecule has 0 aromatic heterocycles. The zero-order chi connectivity index (χ0) is 15.5. The lowest BCUT2D eigenvalue weighted by Gasteiger charge is -2.14. The number of hydrogen-bond acceptors (Lipinski definition) is 0. The van der Waals surface area contributed by atoms with E-state index in [1.54, 1.807) is 13.8 Å². The maximum Gasteiger partial charge on any atom is 0.0302 e. The Bertz CT molecular complexity index is 269. The van der Waals surface area contributed by atoms with Crippen LogP contribution in [-0.2, 0) is 0 Å². The van der Waals surface area contributed by atoms with Gasteiger partial charge in [-0.1, -0.05) is 66.6 Å². The molecule has 0 nitrogen and oxygen atoms in total. The first-order chi connectivity index (χ1) is 8.36. The van der Waals surface area contributed by atoms with Crippen LogP contribution in [0.2, 0.25) is 0 Å². The maximum atomic E-state index is 8.21. The lowest BCUT2D eigenvalue weighted by Crippen LogP contribution is -2.03. The van der Waals surface area contributed by atoms with Crippen molar-refractivity contribution < 1.29 is 8.22 Å². The average Bonchev–Trinajstić information content (AvgIpc) is 2.20. The zero-order valence-electron chi connectivity index (χ0n) is 15.5. The van der Waals surface area contributed by atoms with E-state index in [0.29, 0.717) is 12.3 Å². The summed E-state index contributed by atoms with van der Waals surface area (Å²) in [4.78, 5) is 0. The molecule has 0 bridgehead atoms. The predicted molar refractivity (Wildman–Crippen MR) is 61.9 cm³/mol. The Morgan fingerprint density at radius 1 is 1.15 bits per heavy atom. The van der Waals surface area contributed by atoms with Crippen LogP contribution < -0.4 is 0 Å². The van der Waals surface area contributed by atoms with Gasteiger partial charge in [0.1, 0.15) is 0 Å². The summed E-state index contributed by atoms with van der Waals surface area (Å²) < 4.78 is 46.9. The molecule has 1 atom stereocenters. The zero-order valence-corrected chi connectivity index (χ0v) is 9.48. The van der Waals surface area contributed by atoms with Crippen LogP contribution in [0.5, 0.6) is 0 Å². The van der Waals surface area contributed by atoms with Crippen LogP contribution in [0.25, 0.3) is 0 Å². The molecule has 80 valence electrons. The van der Waals surface area contributed by atoms with Crippen molar-refractivity contribution in [3.05, 3.63) is 0 Å². The summed E-state index contributed by atoms with van der Waals surface area (Å²) in [5, 5.41) is 0. The summed E-state index contributed by atoms with van der Waals surface area (Å²) in [6.45, 7) is 4.85. The largest absolute Gasteiger partial charge is 0.0628 e. The lowest BCUT2D eigenvalue weighted by atomic mass is 9.92. The average molecular weight is 190 g/mol. The molecule has 0 radical (unpaired) electrons. The molecule has 0 aliphatic carbocycles. The molecule has 13 heavy (non-hydrogen) atoms. The van der Waals surface area contributed by atoms with E-state index in [-0.39, 0.29) is 6.42 Å². The summed E-state index contributed by atoms with van der Waals surface area (Å²) in [5.41, 5.74) is 0. The van der Waals surface area contributed by atoms with Gasteiger partial charge in [0.15, 0.2) is 0 Å². The topological polar surface area (TPSA) is 0 Å². The first-order valence-electron chi connectivity index (χ1n) is 8.36. The van der Waals surface area contributed by atoms with E-state index >= 15 is 0 Å². The van der Waals surface area contributed by atoms with Crippen molar-refractivity contribution >= 4 is 0 Å². The summed E-state index contributed by atoms with van der Waals surface area (Å²) in [7, 11) is 0. The van der Waals surface area contributed by atoms with Gasteiger partial charge in [-0.3, -0.25) is 0 Å². The van der Waals surface area contributed by atoms with E-state index in [9.17, 15) is 0 Å². The third-order valence-corrected chi connectivity index (χ3v) is 2.10. The van der Waals surface area contributed by atoms with E-state index in [0.717, 1.165) is 12.8 Å². The molecule has 0 aliphatic rings. The fraction of sp³-hybridized carbons (Fsp3) is 1.00. The molecule has 0 rings (SSSR count). The van der Waals surface area contributed by atoms with Crippen molar-refractivity contribution in [2.45, 2.75) is 66.6 Å². The van der Waals surface area contributed by atoms with Gasteiger partial charge in [0.05, 0.1) is 0 Å². The second-order valence-electron chi connectivity index (χ2n) is 4.38. The Balaban J connectivity index is 4.83. The smallest absolute Gasteiger partial charge is 0.0302 e. The monoisotopic (exact) mass is 190 g/mol. The maximum absolute atomic E-state index is 8.21. The summed E-state index contributed by atoms with van der Waals surface area (Å²) in [5.74, 6) is -2.03. The highest BCUT2D eigenvalue weighted by Crippen LogP contribution is 2.18. The molecule has 0 amide bonds. The molecule has 0 fully saturated rings.